The zero-order valence-corrected chi connectivity index (χ0v) is 13.3. The Labute approximate surface area is 127 Å². The Morgan fingerprint density at radius 1 is 1.43 bits per heavy atom. The summed E-state index contributed by atoms with van der Waals surface area (Å²) < 4.78 is 5.39. The summed E-state index contributed by atoms with van der Waals surface area (Å²) in [6.45, 7) is 6.31. The van der Waals surface area contributed by atoms with Gasteiger partial charge < -0.3 is 15.4 Å². The fraction of sp³-hybridized carbons (Fsp3) is 0.588. The molecule has 1 saturated heterocycles. The summed E-state index contributed by atoms with van der Waals surface area (Å²) in [5.41, 5.74) is 6.36. The Hall–Kier alpha value is -1.55. The molecular weight excluding hydrogens is 264 g/mol. The van der Waals surface area contributed by atoms with Gasteiger partial charge in [-0.25, -0.2) is 0 Å². The number of amides is 1. The van der Waals surface area contributed by atoms with Crippen molar-refractivity contribution in [3.05, 3.63) is 29.8 Å². The molecule has 0 spiro atoms. The molecule has 1 atom stereocenters. The predicted octanol–water partition coefficient (Wildman–Crippen LogP) is 2.07. The first kappa shape index (κ1) is 15.8. The van der Waals surface area contributed by atoms with Crippen molar-refractivity contribution in [2.24, 2.45) is 17.1 Å². The van der Waals surface area contributed by atoms with Crippen molar-refractivity contribution in [3.63, 3.8) is 0 Å². The summed E-state index contributed by atoms with van der Waals surface area (Å²) in [7, 11) is 1.67. The first-order valence-electron chi connectivity index (χ1n) is 7.59. The van der Waals surface area contributed by atoms with Gasteiger partial charge in [0.05, 0.1) is 7.11 Å². The second-order valence-electron chi connectivity index (χ2n) is 6.51. The zero-order valence-electron chi connectivity index (χ0n) is 13.3. The number of carbonyl (C=O) groups is 1. The van der Waals surface area contributed by atoms with Crippen LogP contribution in [0.5, 0.6) is 5.75 Å². The lowest BCUT2D eigenvalue weighted by Crippen LogP contribution is -2.41. The fourth-order valence-electron chi connectivity index (χ4n) is 3.04. The standard InChI is InChI=1S/C17H26N2O2/c1-17(2,10-14-6-4-5-7-15(14)21-3)16(20)19-9-8-13(11-18)12-19/h4-7,13H,8-12,18H2,1-3H3. The molecule has 1 amide bonds. The molecule has 0 aromatic heterocycles. The van der Waals surface area contributed by atoms with Crippen LogP contribution >= 0.6 is 0 Å². The minimum atomic E-state index is -0.432. The minimum Gasteiger partial charge on any atom is -0.496 e. The Morgan fingerprint density at radius 3 is 2.76 bits per heavy atom. The van der Waals surface area contributed by atoms with E-state index in [4.69, 9.17) is 10.5 Å². The number of likely N-dealkylation sites (tertiary alicyclic amines) is 1. The number of hydrogen-bond donors (Lipinski definition) is 1. The van der Waals surface area contributed by atoms with E-state index in [0.717, 1.165) is 30.8 Å². The third-order valence-corrected chi connectivity index (χ3v) is 4.31. The summed E-state index contributed by atoms with van der Waals surface area (Å²) in [5.74, 6) is 1.51. The van der Waals surface area contributed by atoms with Crippen LogP contribution in [-0.4, -0.2) is 37.6 Å². The quantitative estimate of drug-likeness (QED) is 0.903. The van der Waals surface area contributed by atoms with Gasteiger partial charge >= 0.3 is 0 Å². The summed E-state index contributed by atoms with van der Waals surface area (Å²) in [5, 5.41) is 0. The largest absolute Gasteiger partial charge is 0.496 e. The third-order valence-electron chi connectivity index (χ3n) is 4.31. The third kappa shape index (κ3) is 3.56. The van der Waals surface area contributed by atoms with E-state index >= 15 is 0 Å². The second-order valence-corrected chi connectivity index (χ2v) is 6.51. The number of para-hydroxylation sites is 1. The van der Waals surface area contributed by atoms with Gasteiger partial charge in [-0.3, -0.25) is 4.79 Å². The van der Waals surface area contributed by atoms with Crippen molar-refractivity contribution >= 4 is 5.91 Å². The molecule has 4 heteroatoms. The molecule has 2 rings (SSSR count). The van der Waals surface area contributed by atoms with E-state index in [1.165, 1.54) is 0 Å². The maximum Gasteiger partial charge on any atom is 0.228 e. The molecule has 4 nitrogen and oxygen atoms in total. The summed E-state index contributed by atoms with van der Waals surface area (Å²) >= 11 is 0. The van der Waals surface area contributed by atoms with Crippen LogP contribution < -0.4 is 10.5 Å². The maximum absolute atomic E-state index is 12.8. The lowest BCUT2D eigenvalue weighted by molar-refractivity contribution is -0.139. The number of nitrogens with two attached hydrogens (primary N) is 1. The van der Waals surface area contributed by atoms with E-state index in [2.05, 4.69) is 0 Å². The molecule has 21 heavy (non-hydrogen) atoms. The molecular formula is C17H26N2O2. The van der Waals surface area contributed by atoms with Crippen LogP contribution in [0, 0.1) is 11.3 Å². The van der Waals surface area contributed by atoms with E-state index in [-0.39, 0.29) is 5.91 Å². The molecule has 1 fully saturated rings. The van der Waals surface area contributed by atoms with Crippen molar-refractivity contribution < 1.29 is 9.53 Å². The average Bonchev–Trinajstić information content (AvgIpc) is 2.95. The number of rotatable bonds is 5. The van der Waals surface area contributed by atoms with E-state index in [1.54, 1.807) is 7.11 Å². The highest BCUT2D eigenvalue weighted by Gasteiger charge is 2.36. The molecule has 1 aliphatic heterocycles. The van der Waals surface area contributed by atoms with Crippen LogP contribution in [-0.2, 0) is 11.2 Å². The van der Waals surface area contributed by atoms with Crippen molar-refractivity contribution in [2.75, 3.05) is 26.7 Å². The number of ether oxygens (including phenoxy) is 1. The highest BCUT2D eigenvalue weighted by molar-refractivity contribution is 5.82. The van der Waals surface area contributed by atoms with Gasteiger partial charge in [0.1, 0.15) is 5.75 Å². The molecule has 1 aliphatic rings. The lowest BCUT2D eigenvalue weighted by Gasteiger charge is -2.30. The number of nitrogens with zero attached hydrogens (tertiary/aromatic N) is 1. The molecule has 1 heterocycles. The first-order valence-corrected chi connectivity index (χ1v) is 7.59. The van der Waals surface area contributed by atoms with Crippen molar-refractivity contribution in [3.8, 4) is 5.75 Å². The van der Waals surface area contributed by atoms with E-state index < -0.39 is 5.41 Å². The van der Waals surface area contributed by atoms with E-state index in [0.29, 0.717) is 18.9 Å². The predicted molar refractivity (Wildman–Crippen MR) is 84.2 cm³/mol. The number of benzene rings is 1. The molecule has 1 aromatic rings. The molecule has 2 N–H and O–H groups in total. The van der Waals surface area contributed by atoms with Crippen LogP contribution in [0.1, 0.15) is 25.8 Å². The molecule has 116 valence electrons. The lowest BCUT2D eigenvalue weighted by atomic mass is 9.84. The molecule has 1 aromatic carbocycles. The number of methoxy groups -OCH3 is 1. The molecule has 0 saturated carbocycles. The highest BCUT2D eigenvalue weighted by atomic mass is 16.5. The Bertz CT molecular complexity index is 499. The molecule has 0 aliphatic carbocycles. The van der Waals surface area contributed by atoms with Gasteiger partial charge in [-0.1, -0.05) is 32.0 Å². The summed E-state index contributed by atoms with van der Waals surface area (Å²) in [6, 6.07) is 7.90. The van der Waals surface area contributed by atoms with Gasteiger partial charge in [0.2, 0.25) is 5.91 Å². The van der Waals surface area contributed by atoms with Crippen LogP contribution in [0.15, 0.2) is 24.3 Å². The maximum atomic E-state index is 12.8. The second kappa shape index (κ2) is 6.48. The first-order chi connectivity index (χ1) is 9.97. The molecule has 1 unspecified atom stereocenters. The smallest absolute Gasteiger partial charge is 0.228 e. The number of hydrogen-bond acceptors (Lipinski definition) is 3. The van der Waals surface area contributed by atoms with Crippen LogP contribution in [0.2, 0.25) is 0 Å². The SMILES string of the molecule is COc1ccccc1CC(C)(C)C(=O)N1CCC(CN)C1. The summed E-state index contributed by atoms with van der Waals surface area (Å²) in [4.78, 5) is 14.7. The Kier molecular flexibility index (Phi) is 4.88. The number of carbonyl (C=O) groups excluding carboxylic acids is 1. The Morgan fingerprint density at radius 2 is 2.14 bits per heavy atom. The normalized spacial score (nSPS) is 18.9. The highest BCUT2D eigenvalue weighted by Crippen LogP contribution is 2.31. The van der Waals surface area contributed by atoms with Gasteiger partial charge in [-0.05, 0) is 36.9 Å². The van der Waals surface area contributed by atoms with Crippen LogP contribution in [0.25, 0.3) is 0 Å². The fourth-order valence-corrected chi connectivity index (χ4v) is 3.04. The van der Waals surface area contributed by atoms with Gasteiger partial charge in [0.15, 0.2) is 0 Å². The monoisotopic (exact) mass is 290 g/mol. The van der Waals surface area contributed by atoms with Crippen molar-refractivity contribution in [2.45, 2.75) is 26.7 Å². The van der Waals surface area contributed by atoms with E-state index in [1.807, 2.05) is 43.0 Å². The van der Waals surface area contributed by atoms with Crippen molar-refractivity contribution in [1.29, 1.82) is 0 Å². The topological polar surface area (TPSA) is 55.6 Å². The van der Waals surface area contributed by atoms with Gasteiger partial charge in [-0.15, -0.1) is 0 Å². The minimum absolute atomic E-state index is 0.212. The van der Waals surface area contributed by atoms with Crippen molar-refractivity contribution in [1.82, 2.24) is 4.90 Å². The molecule has 0 radical (unpaired) electrons. The van der Waals surface area contributed by atoms with Crippen LogP contribution in [0.3, 0.4) is 0 Å². The van der Waals surface area contributed by atoms with E-state index in [9.17, 15) is 4.79 Å². The Balaban J connectivity index is 2.09. The average molecular weight is 290 g/mol. The van der Waals surface area contributed by atoms with Gasteiger partial charge in [-0.2, -0.15) is 0 Å². The molecule has 0 bridgehead atoms. The zero-order chi connectivity index (χ0) is 15.5. The van der Waals surface area contributed by atoms with Crippen LogP contribution in [0.4, 0.5) is 0 Å². The summed E-state index contributed by atoms with van der Waals surface area (Å²) in [6.07, 6.45) is 1.70. The van der Waals surface area contributed by atoms with Gasteiger partial charge in [0.25, 0.3) is 0 Å². The van der Waals surface area contributed by atoms with Gasteiger partial charge in [0, 0.05) is 18.5 Å².